The molecule has 1 aromatic carbocycles. The number of carbonyl (C=O) groups excluding carboxylic acids is 2. The second-order valence-corrected chi connectivity index (χ2v) is 7.19. The first-order chi connectivity index (χ1) is 13.8. The molecule has 0 aliphatic carbocycles. The zero-order valence-corrected chi connectivity index (χ0v) is 17.4. The lowest BCUT2D eigenvalue weighted by molar-refractivity contribution is -0.308. The van der Waals surface area contributed by atoms with Crippen LogP contribution in [-0.4, -0.2) is 24.0 Å². The summed E-state index contributed by atoms with van der Waals surface area (Å²) < 4.78 is 11.1. The first-order valence-electron chi connectivity index (χ1n) is 10.0. The molecule has 0 saturated carbocycles. The van der Waals surface area contributed by atoms with E-state index in [0.717, 1.165) is 30.2 Å². The highest BCUT2D eigenvalue weighted by atomic mass is 16.5. The van der Waals surface area contributed by atoms with Crippen molar-refractivity contribution in [3.63, 3.8) is 0 Å². The summed E-state index contributed by atoms with van der Waals surface area (Å²) in [6.45, 7) is 7.26. The second kappa shape index (κ2) is 10.1. The average molecular weight is 402 g/mol. The molecule has 29 heavy (non-hydrogen) atoms. The molecule has 0 unspecified atom stereocenters. The molecule has 7 heteroatoms. The largest absolute Gasteiger partial charge is 0.548 e. The van der Waals surface area contributed by atoms with Crippen LogP contribution in [-0.2, 0) is 16.0 Å². The number of carboxylic acids is 1. The maximum Gasteiger partial charge on any atom is 0.336 e. The van der Waals surface area contributed by atoms with Crippen molar-refractivity contribution in [3.8, 4) is 5.75 Å². The van der Waals surface area contributed by atoms with Gasteiger partial charge in [0.1, 0.15) is 11.3 Å². The number of aliphatic carboxylic acids is 1. The fourth-order valence-corrected chi connectivity index (χ4v) is 3.20. The Morgan fingerprint density at radius 2 is 1.97 bits per heavy atom. The zero-order valence-electron chi connectivity index (χ0n) is 17.4. The molecule has 1 aromatic heterocycles. The molecule has 0 spiro atoms. The third kappa shape index (κ3) is 5.59. The molecule has 7 nitrogen and oxygen atoms in total. The van der Waals surface area contributed by atoms with E-state index in [2.05, 4.69) is 5.32 Å². The van der Waals surface area contributed by atoms with Gasteiger partial charge in [0.25, 0.3) is 5.91 Å². The molecule has 1 amide bonds. The van der Waals surface area contributed by atoms with Crippen LogP contribution in [0.1, 0.15) is 57.6 Å². The Morgan fingerprint density at radius 3 is 2.59 bits per heavy atom. The quantitative estimate of drug-likeness (QED) is 0.611. The fourth-order valence-electron chi connectivity index (χ4n) is 3.20. The van der Waals surface area contributed by atoms with Gasteiger partial charge in [-0.3, -0.25) is 4.79 Å². The average Bonchev–Trinajstić information content (AvgIpc) is 2.67. The van der Waals surface area contributed by atoms with E-state index in [-0.39, 0.29) is 0 Å². The number of ether oxygens (including phenoxy) is 1. The lowest BCUT2D eigenvalue weighted by Crippen LogP contribution is -2.51. The summed E-state index contributed by atoms with van der Waals surface area (Å²) in [6, 6.07) is 3.98. The molecule has 0 fully saturated rings. The highest BCUT2D eigenvalue weighted by molar-refractivity contribution is 5.87. The van der Waals surface area contributed by atoms with Crippen molar-refractivity contribution in [3.05, 3.63) is 39.7 Å². The maximum atomic E-state index is 12.4. The van der Waals surface area contributed by atoms with E-state index in [0.29, 0.717) is 29.7 Å². The van der Waals surface area contributed by atoms with Crippen molar-refractivity contribution < 1.29 is 23.8 Å². The van der Waals surface area contributed by atoms with E-state index >= 15 is 0 Å². The van der Waals surface area contributed by atoms with Crippen molar-refractivity contribution in [2.45, 2.75) is 71.9 Å². The minimum absolute atomic E-state index is 0.303. The Bertz CT molecular complexity index is 933. The van der Waals surface area contributed by atoms with Crippen LogP contribution >= 0.6 is 0 Å². The molecule has 2 rings (SSSR count). The predicted octanol–water partition coefficient (Wildman–Crippen LogP) is 2.25. The van der Waals surface area contributed by atoms with E-state index in [4.69, 9.17) is 9.15 Å². The molecule has 2 aromatic rings. The SMILES string of the molecule is CCCC[C@@H](NC(=O)[C@H](C)Oc1ccc2c(CCC)cc(=O)oc2c1C)C(=O)[O-]. The number of hydrogen-bond donors (Lipinski definition) is 1. The van der Waals surface area contributed by atoms with Crippen LogP contribution < -0.4 is 20.8 Å². The summed E-state index contributed by atoms with van der Waals surface area (Å²) in [4.78, 5) is 35.5. The Morgan fingerprint density at radius 1 is 1.24 bits per heavy atom. The van der Waals surface area contributed by atoms with Crippen molar-refractivity contribution in [2.75, 3.05) is 0 Å². The van der Waals surface area contributed by atoms with Crippen LogP contribution in [0.4, 0.5) is 0 Å². The van der Waals surface area contributed by atoms with Crippen molar-refractivity contribution in [1.29, 1.82) is 0 Å². The summed E-state index contributed by atoms with van der Waals surface area (Å²) in [7, 11) is 0. The number of amides is 1. The molecule has 0 saturated heterocycles. The van der Waals surface area contributed by atoms with Gasteiger partial charge in [0.05, 0.1) is 12.0 Å². The summed E-state index contributed by atoms with van der Waals surface area (Å²) in [6.07, 6.45) is 2.50. The van der Waals surface area contributed by atoms with Crippen LogP contribution in [0, 0.1) is 6.92 Å². The molecular formula is C22H28NO6-. The van der Waals surface area contributed by atoms with Gasteiger partial charge in [-0.05, 0) is 44.4 Å². The first kappa shape index (κ1) is 22.5. The van der Waals surface area contributed by atoms with E-state index in [1.165, 1.54) is 13.0 Å². The normalized spacial score (nSPS) is 13.1. The minimum Gasteiger partial charge on any atom is -0.548 e. The lowest BCUT2D eigenvalue weighted by atomic mass is 10.0. The molecule has 0 aliphatic heterocycles. The van der Waals surface area contributed by atoms with Crippen LogP contribution in [0.5, 0.6) is 5.75 Å². The van der Waals surface area contributed by atoms with E-state index in [1.807, 2.05) is 13.8 Å². The van der Waals surface area contributed by atoms with Crippen LogP contribution in [0.25, 0.3) is 11.0 Å². The maximum absolute atomic E-state index is 12.4. The van der Waals surface area contributed by atoms with Gasteiger partial charge < -0.3 is 24.4 Å². The summed E-state index contributed by atoms with van der Waals surface area (Å²) in [5, 5.41) is 14.5. The third-order valence-electron chi connectivity index (χ3n) is 4.84. The second-order valence-electron chi connectivity index (χ2n) is 7.19. The number of benzene rings is 1. The monoisotopic (exact) mass is 402 g/mol. The van der Waals surface area contributed by atoms with Gasteiger partial charge in [-0.1, -0.05) is 33.1 Å². The Kier molecular flexibility index (Phi) is 7.82. The van der Waals surface area contributed by atoms with Crippen LogP contribution in [0.15, 0.2) is 27.4 Å². The molecule has 0 radical (unpaired) electrons. The molecule has 1 heterocycles. The minimum atomic E-state index is -1.31. The number of fused-ring (bicyclic) bond motifs is 1. The smallest absolute Gasteiger partial charge is 0.336 e. The van der Waals surface area contributed by atoms with Gasteiger partial charge in [-0.15, -0.1) is 0 Å². The summed E-state index contributed by atoms with van der Waals surface area (Å²) >= 11 is 0. The Hall–Kier alpha value is -2.83. The topological polar surface area (TPSA) is 109 Å². The number of carboxylic acid groups (broad SMARTS) is 1. The van der Waals surface area contributed by atoms with Crippen molar-refractivity contribution >= 4 is 22.8 Å². The molecule has 0 aliphatic rings. The summed E-state index contributed by atoms with van der Waals surface area (Å²) in [5.41, 5.74) is 1.52. The van der Waals surface area contributed by atoms with Gasteiger partial charge in [0.2, 0.25) is 0 Å². The Labute approximate surface area is 170 Å². The number of aryl methyl sites for hydroxylation is 2. The van der Waals surface area contributed by atoms with Gasteiger partial charge in [-0.2, -0.15) is 0 Å². The van der Waals surface area contributed by atoms with Crippen LogP contribution in [0.3, 0.4) is 0 Å². The van der Waals surface area contributed by atoms with Gasteiger partial charge in [0.15, 0.2) is 6.10 Å². The highest BCUT2D eigenvalue weighted by Gasteiger charge is 2.21. The zero-order chi connectivity index (χ0) is 21.6. The number of carbonyl (C=O) groups is 2. The van der Waals surface area contributed by atoms with E-state index in [1.54, 1.807) is 19.1 Å². The Balaban J connectivity index is 2.22. The summed E-state index contributed by atoms with van der Waals surface area (Å²) in [5.74, 6) is -1.46. The van der Waals surface area contributed by atoms with E-state index < -0.39 is 29.6 Å². The predicted molar refractivity (Wildman–Crippen MR) is 108 cm³/mol. The molecule has 1 N–H and O–H groups in total. The van der Waals surface area contributed by atoms with Crippen LogP contribution in [0.2, 0.25) is 0 Å². The molecule has 2 atom stereocenters. The van der Waals surface area contributed by atoms with Crippen molar-refractivity contribution in [2.24, 2.45) is 0 Å². The molecule has 0 bridgehead atoms. The van der Waals surface area contributed by atoms with Crippen molar-refractivity contribution in [1.82, 2.24) is 5.32 Å². The fraction of sp³-hybridized carbons (Fsp3) is 0.500. The number of rotatable bonds is 10. The third-order valence-corrected chi connectivity index (χ3v) is 4.84. The first-order valence-corrected chi connectivity index (χ1v) is 10.0. The van der Waals surface area contributed by atoms with Gasteiger partial charge in [-0.25, -0.2) is 4.79 Å². The number of hydrogen-bond acceptors (Lipinski definition) is 6. The standard InChI is InChI=1S/C22H29NO6/c1-5-7-9-17(22(26)27)23-21(25)14(4)28-18-11-10-16-15(8-6-2)12-19(24)29-20(16)13(18)3/h10-12,14,17H,5-9H2,1-4H3,(H,23,25)(H,26,27)/p-1/t14-,17+/m0/s1. The van der Waals surface area contributed by atoms with E-state index in [9.17, 15) is 19.5 Å². The molecular weight excluding hydrogens is 374 g/mol. The van der Waals surface area contributed by atoms with Gasteiger partial charge >= 0.3 is 5.63 Å². The number of unbranched alkanes of at least 4 members (excludes halogenated alkanes) is 1. The number of nitrogens with one attached hydrogen (secondary N) is 1. The highest BCUT2D eigenvalue weighted by Crippen LogP contribution is 2.29. The van der Waals surface area contributed by atoms with Gasteiger partial charge in [0, 0.05) is 17.0 Å². The lowest BCUT2D eigenvalue weighted by Gasteiger charge is -2.23. The molecule has 158 valence electrons.